The van der Waals surface area contributed by atoms with E-state index in [0.717, 1.165) is 22.1 Å². The van der Waals surface area contributed by atoms with Gasteiger partial charge in [-0.1, -0.05) is 35.9 Å². The van der Waals surface area contributed by atoms with Crippen LogP contribution in [0.4, 0.5) is 0 Å². The third kappa shape index (κ3) is 3.80. The predicted molar refractivity (Wildman–Crippen MR) is 120 cm³/mol. The normalized spacial score (nSPS) is 12.2. The molecule has 0 spiro atoms. The SMILES string of the molecule is Cc1ccc(Cn2c(=O)c(C(=O)NCc3ccc4c(c3)OCO4)cc3cccnc32)cc1. The summed E-state index contributed by atoms with van der Waals surface area (Å²) in [6, 6.07) is 18.7. The topological polar surface area (TPSA) is 82.5 Å². The van der Waals surface area contributed by atoms with Crippen molar-refractivity contribution in [1.29, 1.82) is 0 Å². The molecule has 0 saturated carbocycles. The Morgan fingerprint density at radius 3 is 2.66 bits per heavy atom. The maximum atomic E-state index is 13.3. The summed E-state index contributed by atoms with van der Waals surface area (Å²) in [5.74, 6) is 0.895. The Bertz CT molecular complexity index is 1380. The highest BCUT2D eigenvalue weighted by atomic mass is 16.7. The number of amides is 1. The van der Waals surface area contributed by atoms with E-state index in [2.05, 4.69) is 10.3 Å². The number of pyridine rings is 2. The molecule has 1 amide bonds. The number of hydrogen-bond donors (Lipinski definition) is 1. The van der Waals surface area contributed by atoms with Crippen LogP contribution >= 0.6 is 0 Å². The lowest BCUT2D eigenvalue weighted by molar-refractivity contribution is 0.0949. The highest BCUT2D eigenvalue weighted by Crippen LogP contribution is 2.32. The summed E-state index contributed by atoms with van der Waals surface area (Å²) in [5, 5.41) is 3.57. The highest BCUT2D eigenvalue weighted by Gasteiger charge is 2.18. The summed E-state index contributed by atoms with van der Waals surface area (Å²) >= 11 is 0. The molecule has 7 heteroatoms. The number of fused-ring (bicyclic) bond motifs is 2. The van der Waals surface area contributed by atoms with Gasteiger partial charge in [0.2, 0.25) is 6.79 Å². The molecule has 7 nitrogen and oxygen atoms in total. The number of nitrogens with zero attached hydrogens (tertiary/aromatic N) is 2. The van der Waals surface area contributed by atoms with E-state index in [9.17, 15) is 9.59 Å². The first-order valence-electron chi connectivity index (χ1n) is 10.3. The van der Waals surface area contributed by atoms with Gasteiger partial charge in [-0.05, 0) is 48.4 Å². The fraction of sp³-hybridized carbons (Fsp3) is 0.160. The summed E-state index contributed by atoms with van der Waals surface area (Å²) in [6.07, 6.45) is 1.65. The van der Waals surface area contributed by atoms with Crippen LogP contribution in [0.2, 0.25) is 0 Å². The van der Waals surface area contributed by atoms with Gasteiger partial charge in [-0.2, -0.15) is 0 Å². The molecule has 0 bridgehead atoms. The summed E-state index contributed by atoms with van der Waals surface area (Å²) in [4.78, 5) is 30.6. The van der Waals surface area contributed by atoms with Crippen molar-refractivity contribution >= 4 is 16.9 Å². The van der Waals surface area contributed by atoms with Crippen LogP contribution in [-0.4, -0.2) is 22.3 Å². The number of carbonyl (C=O) groups excluding carboxylic acids is 1. The number of benzene rings is 2. The van der Waals surface area contributed by atoms with Crippen LogP contribution in [0.1, 0.15) is 27.0 Å². The van der Waals surface area contributed by atoms with Crippen molar-refractivity contribution in [2.24, 2.45) is 0 Å². The van der Waals surface area contributed by atoms with Gasteiger partial charge < -0.3 is 14.8 Å². The fourth-order valence-corrected chi connectivity index (χ4v) is 3.72. The van der Waals surface area contributed by atoms with Gasteiger partial charge in [0.25, 0.3) is 11.5 Å². The second-order valence-corrected chi connectivity index (χ2v) is 7.72. The van der Waals surface area contributed by atoms with Crippen LogP contribution < -0.4 is 20.3 Å². The molecule has 32 heavy (non-hydrogen) atoms. The molecule has 2 aromatic heterocycles. The van der Waals surface area contributed by atoms with Crippen molar-refractivity contribution in [2.75, 3.05) is 6.79 Å². The molecular formula is C25H21N3O4. The van der Waals surface area contributed by atoms with E-state index in [-0.39, 0.29) is 24.5 Å². The van der Waals surface area contributed by atoms with E-state index in [1.165, 1.54) is 0 Å². The smallest absolute Gasteiger partial charge is 0.265 e. The van der Waals surface area contributed by atoms with Crippen LogP contribution in [0.25, 0.3) is 11.0 Å². The maximum absolute atomic E-state index is 13.3. The minimum Gasteiger partial charge on any atom is -0.454 e. The van der Waals surface area contributed by atoms with Crippen molar-refractivity contribution in [3.8, 4) is 11.5 Å². The summed E-state index contributed by atoms with van der Waals surface area (Å²) in [7, 11) is 0. The molecule has 4 aromatic rings. The van der Waals surface area contributed by atoms with Crippen molar-refractivity contribution < 1.29 is 14.3 Å². The number of nitrogens with one attached hydrogen (secondary N) is 1. The van der Waals surface area contributed by atoms with Crippen LogP contribution in [0.15, 0.2) is 71.7 Å². The van der Waals surface area contributed by atoms with Crippen molar-refractivity contribution in [2.45, 2.75) is 20.0 Å². The van der Waals surface area contributed by atoms with Crippen LogP contribution in [0.3, 0.4) is 0 Å². The third-order valence-corrected chi connectivity index (χ3v) is 5.44. The third-order valence-electron chi connectivity index (χ3n) is 5.44. The molecule has 0 fully saturated rings. The largest absolute Gasteiger partial charge is 0.454 e. The van der Waals surface area contributed by atoms with Gasteiger partial charge in [0.15, 0.2) is 11.5 Å². The van der Waals surface area contributed by atoms with E-state index in [4.69, 9.17) is 9.47 Å². The zero-order valence-corrected chi connectivity index (χ0v) is 17.5. The lowest BCUT2D eigenvalue weighted by atomic mass is 10.1. The molecule has 1 aliphatic heterocycles. The molecule has 1 N–H and O–H groups in total. The number of ether oxygens (including phenoxy) is 2. The van der Waals surface area contributed by atoms with Crippen LogP contribution in [0.5, 0.6) is 11.5 Å². The maximum Gasteiger partial charge on any atom is 0.265 e. The van der Waals surface area contributed by atoms with Gasteiger partial charge in [-0.15, -0.1) is 0 Å². The number of aryl methyl sites for hydroxylation is 1. The van der Waals surface area contributed by atoms with Gasteiger partial charge in [-0.25, -0.2) is 4.98 Å². The first-order chi connectivity index (χ1) is 15.6. The lowest BCUT2D eigenvalue weighted by Crippen LogP contribution is -2.33. The minimum atomic E-state index is -0.434. The van der Waals surface area contributed by atoms with E-state index < -0.39 is 5.91 Å². The fourth-order valence-electron chi connectivity index (χ4n) is 3.72. The van der Waals surface area contributed by atoms with Crippen LogP contribution in [0, 0.1) is 6.92 Å². The number of carbonyl (C=O) groups is 1. The number of hydrogen-bond acceptors (Lipinski definition) is 5. The molecule has 0 saturated heterocycles. The molecule has 0 unspecified atom stereocenters. The molecule has 0 aliphatic carbocycles. The average Bonchev–Trinajstić information content (AvgIpc) is 3.28. The molecule has 5 rings (SSSR count). The van der Waals surface area contributed by atoms with Gasteiger partial charge in [0.05, 0.1) is 6.54 Å². The van der Waals surface area contributed by atoms with Crippen molar-refractivity contribution in [3.05, 3.63) is 99.5 Å². The minimum absolute atomic E-state index is 0.0818. The standard InChI is InChI=1S/C25H21N3O4/c1-16-4-6-17(7-5-16)14-28-23-19(3-2-10-26-23)12-20(25(28)30)24(29)27-13-18-8-9-21-22(11-18)32-15-31-21/h2-12H,13-15H2,1H3,(H,27,29). The zero-order valence-electron chi connectivity index (χ0n) is 17.5. The highest BCUT2D eigenvalue weighted by molar-refractivity contribution is 5.96. The molecule has 2 aromatic carbocycles. The van der Waals surface area contributed by atoms with E-state index in [0.29, 0.717) is 23.7 Å². The molecule has 0 radical (unpaired) electrons. The number of rotatable bonds is 5. The Kier molecular flexibility index (Phi) is 5.07. The Balaban J connectivity index is 1.45. The van der Waals surface area contributed by atoms with E-state index in [1.807, 2.05) is 49.4 Å². The Morgan fingerprint density at radius 2 is 1.81 bits per heavy atom. The summed E-state index contributed by atoms with van der Waals surface area (Å²) in [6.45, 7) is 2.79. The van der Waals surface area contributed by atoms with Gasteiger partial charge >= 0.3 is 0 Å². The lowest BCUT2D eigenvalue weighted by Gasteiger charge is -2.13. The summed E-state index contributed by atoms with van der Waals surface area (Å²) in [5.41, 5.74) is 3.21. The van der Waals surface area contributed by atoms with Crippen LogP contribution in [-0.2, 0) is 13.1 Å². The summed E-state index contributed by atoms with van der Waals surface area (Å²) < 4.78 is 12.2. The van der Waals surface area contributed by atoms with E-state index in [1.54, 1.807) is 29.0 Å². The van der Waals surface area contributed by atoms with Gasteiger partial charge in [0, 0.05) is 18.1 Å². The number of aromatic nitrogens is 2. The Labute approximate surface area is 184 Å². The molecular weight excluding hydrogens is 406 g/mol. The first-order valence-corrected chi connectivity index (χ1v) is 10.3. The quantitative estimate of drug-likeness (QED) is 0.528. The second-order valence-electron chi connectivity index (χ2n) is 7.72. The van der Waals surface area contributed by atoms with E-state index >= 15 is 0 Å². The molecule has 160 valence electrons. The predicted octanol–water partition coefficient (Wildman–Crippen LogP) is 3.41. The monoisotopic (exact) mass is 427 g/mol. The van der Waals surface area contributed by atoms with Crippen molar-refractivity contribution in [1.82, 2.24) is 14.9 Å². The molecule has 0 atom stereocenters. The van der Waals surface area contributed by atoms with Crippen molar-refractivity contribution in [3.63, 3.8) is 0 Å². The first kappa shape index (κ1) is 19.8. The average molecular weight is 427 g/mol. The second kappa shape index (κ2) is 8.19. The Morgan fingerprint density at radius 1 is 1.03 bits per heavy atom. The van der Waals surface area contributed by atoms with Gasteiger partial charge in [-0.3, -0.25) is 14.2 Å². The molecule has 1 aliphatic rings. The molecule has 3 heterocycles. The Hall–Kier alpha value is -4.13. The zero-order chi connectivity index (χ0) is 22.1. The van der Waals surface area contributed by atoms with Gasteiger partial charge in [0.1, 0.15) is 11.2 Å².